The van der Waals surface area contributed by atoms with Gasteiger partial charge in [0.25, 0.3) is 0 Å². The molecule has 0 atom stereocenters. The van der Waals surface area contributed by atoms with Crippen molar-refractivity contribution < 1.29 is 9.90 Å². The fraction of sp³-hybridized carbons (Fsp3) is 0.357. The van der Waals surface area contributed by atoms with Crippen LogP contribution in [0.5, 0.6) is 0 Å². The molecule has 0 unspecified atom stereocenters. The van der Waals surface area contributed by atoms with Crippen LogP contribution in [0.15, 0.2) is 35.3 Å². The average Bonchev–Trinajstić information content (AvgIpc) is 2.23. The Labute approximate surface area is 116 Å². The molecular formula is C14H18BrNO2. The van der Waals surface area contributed by atoms with Gasteiger partial charge in [-0.1, -0.05) is 22.0 Å². The number of nitrogens with zero attached hydrogens (tertiary/aromatic N) is 1. The average molecular weight is 312 g/mol. The largest absolute Gasteiger partial charge is 0.478 e. The van der Waals surface area contributed by atoms with E-state index in [0.717, 1.165) is 4.47 Å². The lowest BCUT2D eigenvalue weighted by Gasteiger charge is -2.37. The minimum Gasteiger partial charge on any atom is -0.478 e. The van der Waals surface area contributed by atoms with Gasteiger partial charge in [-0.05, 0) is 39.0 Å². The Bertz CT molecular complexity index is 463. The van der Waals surface area contributed by atoms with Crippen molar-refractivity contribution in [1.29, 1.82) is 0 Å². The van der Waals surface area contributed by atoms with Crippen molar-refractivity contribution >= 4 is 27.6 Å². The van der Waals surface area contributed by atoms with Gasteiger partial charge in [-0.2, -0.15) is 0 Å². The summed E-state index contributed by atoms with van der Waals surface area (Å²) in [6.07, 6.45) is 1.78. The molecular weight excluding hydrogens is 294 g/mol. The van der Waals surface area contributed by atoms with Crippen molar-refractivity contribution in [2.75, 3.05) is 11.4 Å². The molecule has 0 aromatic heterocycles. The zero-order valence-corrected chi connectivity index (χ0v) is 12.5. The molecule has 3 nitrogen and oxygen atoms in total. The van der Waals surface area contributed by atoms with Crippen LogP contribution >= 0.6 is 15.9 Å². The molecule has 1 aromatic rings. The first-order chi connectivity index (χ1) is 8.27. The number of hydrogen-bond donors (Lipinski definition) is 1. The lowest BCUT2D eigenvalue weighted by molar-refractivity contribution is 0.0697. The maximum Gasteiger partial charge on any atom is 0.337 e. The van der Waals surface area contributed by atoms with Gasteiger partial charge in [0.2, 0.25) is 0 Å². The Hall–Kier alpha value is -1.29. The van der Waals surface area contributed by atoms with Gasteiger partial charge in [-0.15, -0.1) is 6.58 Å². The highest BCUT2D eigenvalue weighted by Crippen LogP contribution is 2.30. The summed E-state index contributed by atoms with van der Waals surface area (Å²) in [7, 11) is 0. The van der Waals surface area contributed by atoms with Crippen molar-refractivity contribution in [2.24, 2.45) is 0 Å². The zero-order chi connectivity index (χ0) is 13.9. The number of carboxylic acids is 1. The van der Waals surface area contributed by atoms with Crippen molar-refractivity contribution in [2.45, 2.75) is 26.3 Å². The fourth-order valence-corrected chi connectivity index (χ4v) is 2.12. The lowest BCUT2D eigenvalue weighted by Crippen LogP contribution is -2.42. The van der Waals surface area contributed by atoms with E-state index in [0.29, 0.717) is 17.8 Å². The molecule has 1 aromatic carbocycles. The zero-order valence-electron chi connectivity index (χ0n) is 10.9. The maximum absolute atomic E-state index is 11.3. The number of carbonyl (C=O) groups is 1. The van der Waals surface area contributed by atoms with Crippen LogP contribution in [-0.4, -0.2) is 23.2 Å². The number of aromatic carboxylic acids is 1. The molecule has 0 aliphatic heterocycles. The van der Waals surface area contributed by atoms with Gasteiger partial charge in [-0.25, -0.2) is 4.79 Å². The van der Waals surface area contributed by atoms with E-state index >= 15 is 0 Å². The summed E-state index contributed by atoms with van der Waals surface area (Å²) in [6.45, 7) is 10.5. The summed E-state index contributed by atoms with van der Waals surface area (Å²) < 4.78 is 0.862. The Morgan fingerprint density at radius 3 is 2.56 bits per heavy atom. The molecule has 0 heterocycles. The Morgan fingerprint density at radius 2 is 2.11 bits per heavy atom. The standard InChI is InChI=1S/C14H18BrNO2/c1-5-8-16(14(2,3)4)12-9-10(15)6-7-11(12)13(17)18/h5-7,9H,1,8H2,2-4H3,(H,17,18). The van der Waals surface area contributed by atoms with Crippen molar-refractivity contribution in [3.8, 4) is 0 Å². The molecule has 0 aliphatic carbocycles. The van der Waals surface area contributed by atoms with E-state index < -0.39 is 5.97 Å². The monoisotopic (exact) mass is 311 g/mol. The van der Waals surface area contributed by atoms with Gasteiger partial charge in [0.1, 0.15) is 0 Å². The normalized spacial score (nSPS) is 11.1. The van der Waals surface area contributed by atoms with E-state index in [9.17, 15) is 9.90 Å². The summed E-state index contributed by atoms with van der Waals surface area (Å²) >= 11 is 3.39. The number of hydrogen-bond acceptors (Lipinski definition) is 2. The first-order valence-corrected chi connectivity index (χ1v) is 6.48. The highest BCUT2D eigenvalue weighted by Gasteiger charge is 2.24. The van der Waals surface area contributed by atoms with Gasteiger partial charge in [-0.3, -0.25) is 0 Å². The van der Waals surface area contributed by atoms with Gasteiger partial charge in [0.05, 0.1) is 11.3 Å². The topological polar surface area (TPSA) is 40.5 Å². The first-order valence-electron chi connectivity index (χ1n) is 5.68. The molecule has 98 valence electrons. The molecule has 18 heavy (non-hydrogen) atoms. The van der Waals surface area contributed by atoms with E-state index in [4.69, 9.17) is 0 Å². The van der Waals surface area contributed by atoms with Crippen LogP contribution in [0.3, 0.4) is 0 Å². The third-order valence-electron chi connectivity index (χ3n) is 2.60. The second-order valence-electron chi connectivity index (χ2n) is 5.04. The molecule has 1 rings (SSSR count). The van der Waals surface area contributed by atoms with E-state index in [1.54, 1.807) is 18.2 Å². The van der Waals surface area contributed by atoms with E-state index in [-0.39, 0.29) is 5.54 Å². The molecule has 0 amide bonds. The predicted molar refractivity (Wildman–Crippen MR) is 78.4 cm³/mol. The minimum absolute atomic E-state index is 0.181. The SMILES string of the molecule is C=CCN(c1cc(Br)ccc1C(=O)O)C(C)(C)C. The van der Waals surface area contributed by atoms with Crippen molar-refractivity contribution in [3.63, 3.8) is 0 Å². The first kappa shape index (κ1) is 14.8. The second kappa shape index (κ2) is 5.57. The number of rotatable bonds is 4. The fourth-order valence-electron chi connectivity index (χ4n) is 1.77. The molecule has 0 radical (unpaired) electrons. The summed E-state index contributed by atoms with van der Waals surface area (Å²) in [5.74, 6) is -0.921. The minimum atomic E-state index is -0.921. The second-order valence-corrected chi connectivity index (χ2v) is 5.95. The van der Waals surface area contributed by atoms with E-state index in [2.05, 4.69) is 22.5 Å². The Balaban J connectivity index is 3.38. The molecule has 1 N–H and O–H groups in total. The molecule has 0 spiro atoms. The number of benzene rings is 1. The van der Waals surface area contributed by atoms with E-state index in [1.165, 1.54) is 0 Å². The summed E-state index contributed by atoms with van der Waals surface area (Å²) in [5, 5.41) is 9.27. The number of anilines is 1. The van der Waals surface area contributed by atoms with Crippen molar-refractivity contribution in [3.05, 3.63) is 40.9 Å². The molecule has 4 heteroatoms. The molecule has 0 bridgehead atoms. The van der Waals surface area contributed by atoms with Crippen molar-refractivity contribution in [1.82, 2.24) is 0 Å². The van der Waals surface area contributed by atoms with Crippen LogP contribution in [0, 0.1) is 0 Å². The maximum atomic E-state index is 11.3. The van der Waals surface area contributed by atoms with Crippen LogP contribution in [0.2, 0.25) is 0 Å². The lowest BCUT2D eigenvalue weighted by atomic mass is 10.0. The highest BCUT2D eigenvalue weighted by molar-refractivity contribution is 9.10. The van der Waals surface area contributed by atoms with Gasteiger partial charge < -0.3 is 10.0 Å². The summed E-state index contributed by atoms with van der Waals surface area (Å²) in [6, 6.07) is 5.18. The van der Waals surface area contributed by atoms with Gasteiger partial charge in [0, 0.05) is 16.6 Å². The summed E-state index contributed by atoms with van der Waals surface area (Å²) in [5.41, 5.74) is 0.818. The summed E-state index contributed by atoms with van der Waals surface area (Å²) in [4.78, 5) is 13.3. The highest BCUT2D eigenvalue weighted by atomic mass is 79.9. The predicted octanol–water partition coefficient (Wildman–Crippen LogP) is 3.94. The molecule has 0 aliphatic rings. The molecule has 0 fully saturated rings. The molecule has 0 saturated heterocycles. The van der Waals surface area contributed by atoms with Crippen LogP contribution in [0.4, 0.5) is 5.69 Å². The smallest absolute Gasteiger partial charge is 0.337 e. The van der Waals surface area contributed by atoms with Gasteiger partial charge in [0.15, 0.2) is 0 Å². The van der Waals surface area contributed by atoms with Crippen LogP contribution < -0.4 is 4.90 Å². The third kappa shape index (κ3) is 3.35. The van der Waals surface area contributed by atoms with Crippen LogP contribution in [0.1, 0.15) is 31.1 Å². The van der Waals surface area contributed by atoms with Crippen LogP contribution in [0.25, 0.3) is 0 Å². The Kier molecular flexibility index (Phi) is 4.57. The molecule has 0 saturated carbocycles. The van der Waals surface area contributed by atoms with Gasteiger partial charge >= 0.3 is 5.97 Å². The van der Waals surface area contributed by atoms with E-state index in [1.807, 2.05) is 31.7 Å². The quantitative estimate of drug-likeness (QED) is 0.856. The Morgan fingerprint density at radius 1 is 1.50 bits per heavy atom. The number of carboxylic acid groups (broad SMARTS) is 1. The number of halogens is 1. The third-order valence-corrected chi connectivity index (χ3v) is 3.10. The van der Waals surface area contributed by atoms with Crippen LogP contribution in [-0.2, 0) is 0 Å².